The number of nitrogens with zero attached hydrogens (tertiary/aromatic N) is 1. The first-order chi connectivity index (χ1) is 11.9. The number of likely N-dealkylation sites (tertiary alicyclic amines) is 1. The van der Waals surface area contributed by atoms with Gasteiger partial charge in [0.25, 0.3) is 0 Å². The minimum atomic E-state index is -0.977. The molecular weight excluding hydrogens is 342 g/mol. The smallest absolute Gasteiger partial charge is 0.220 e. The minimum absolute atomic E-state index is 0.113. The van der Waals surface area contributed by atoms with Gasteiger partial charge < -0.3 is 18.9 Å². The number of hydrogen-bond donors (Lipinski definition) is 0. The highest BCUT2D eigenvalue weighted by Gasteiger charge is 2.59. The molecule has 1 aromatic rings. The molecule has 2 aliphatic heterocycles. The maximum absolute atomic E-state index is 6.36. The summed E-state index contributed by atoms with van der Waals surface area (Å²) in [7, 11) is 3.23. The number of piperidine rings is 1. The first-order valence-corrected chi connectivity index (χ1v) is 9.26. The van der Waals surface area contributed by atoms with E-state index in [9.17, 15) is 0 Å². The second-order valence-electron chi connectivity index (χ2n) is 7.13. The number of ether oxygens (including phenoxy) is 4. The van der Waals surface area contributed by atoms with Crippen molar-refractivity contribution in [1.29, 1.82) is 0 Å². The third-order valence-electron chi connectivity index (χ3n) is 5.55. The van der Waals surface area contributed by atoms with Crippen molar-refractivity contribution in [2.24, 2.45) is 5.92 Å². The van der Waals surface area contributed by atoms with Crippen molar-refractivity contribution < 1.29 is 18.9 Å². The molecule has 140 valence electrons. The van der Waals surface area contributed by atoms with Gasteiger partial charge in [0.15, 0.2) is 0 Å². The van der Waals surface area contributed by atoms with E-state index in [1.165, 1.54) is 5.56 Å². The van der Waals surface area contributed by atoms with E-state index in [0.717, 1.165) is 19.6 Å². The Balaban J connectivity index is 1.79. The summed E-state index contributed by atoms with van der Waals surface area (Å²) < 4.78 is 24.0. The highest BCUT2D eigenvalue weighted by molar-refractivity contribution is 6.18. The van der Waals surface area contributed by atoms with Crippen LogP contribution in [0.5, 0.6) is 0 Å². The normalized spacial score (nSPS) is 39.2. The van der Waals surface area contributed by atoms with Gasteiger partial charge in [-0.2, -0.15) is 0 Å². The number of methoxy groups -OCH3 is 2. The average molecular weight is 370 g/mol. The van der Waals surface area contributed by atoms with Crippen LogP contribution in [-0.2, 0) is 25.5 Å². The topological polar surface area (TPSA) is 40.2 Å². The fourth-order valence-electron chi connectivity index (χ4n) is 3.79. The van der Waals surface area contributed by atoms with Gasteiger partial charge in [-0.1, -0.05) is 30.3 Å². The molecule has 2 fully saturated rings. The van der Waals surface area contributed by atoms with Crippen LogP contribution < -0.4 is 0 Å². The first-order valence-electron chi connectivity index (χ1n) is 8.73. The van der Waals surface area contributed by atoms with Crippen molar-refractivity contribution in [3.63, 3.8) is 0 Å². The maximum atomic E-state index is 6.36. The molecule has 2 heterocycles. The van der Waals surface area contributed by atoms with Gasteiger partial charge in [-0.15, -0.1) is 11.6 Å². The van der Waals surface area contributed by atoms with Gasteiger partial charge in [0, 0.05) is 45.7 Å². The Kier molecular flexibility index (Phi) is 5.73. The van der Waals surface area contributed by atoms with E-state index in [1.807, 2.05) is 19.9 Å². The quantitative estimate of drug-likeness (QED) is 0.746. The van der Waals surface area contributed by atoms with Gasteiger partial charge in [0.1, 0.15) is 6.10 Å². The second kappa shape index (κ2) is 7.51. The van der Waals surface area contributed by atoms with Crippen LogP contribution in [0, 0.1) is 5.92 Å². The molecule has 0 unspecified atom stereocenters. The van der Waals surface area contributed by atoms with E-state index >= 15 is 0 Å². The molecule has 6 heteroatoms. The Morgan fingerprint density at radius 2 is 1.72 bits per heavy atom. The van der Waals surface area contributed by atoms with Crippen LogP contribution in [0.1, 0.15) is 19.4 Å². The molecule has 0 spiro atoms. The fourth-order valence-corrected chi connectivity index (χ4v) is 4.06. The molecule has 2 aliphatic rings. The summed E-state index contributed by atoms with van der Waals surface area (Å²) in [6.45, 7) is 6.22. The molecule has 5 atom stereocenters. The molecule has 5 nitrogen and oxygen atoms in total. The predicted octanol–water partition coefficient (Wildman–Crippen LogP) is 2.87. The summed E-state index contributed by atoms with van der Waals surface area (Å²) in [5.74, 6) is -1.27. The summed E-state index contributed by atoms with van der Waals surface area (Å²) in [4.78, 5) is 2.37. The maximum Gasteiger partial charge on any atom is 0.220 e. The minimum Gasteiger partial charge on any atom is -0.349 e. The van der Waals surface area contributed by atoms with Crippen LogP contribution in [0.2, 0.25) is 0 Å². The molecule has 3 rings (SSSR count). The lowest BCUT2D eigenvalue weighted by molar-refractivity contribution is -0.456. The Hall–Kier alpha value is -0.690. The molecule has 1 aromatic carbocycles. The van der Waals surface area contributed by atoms with E-state index in [0.29, 0.717) is 5.88 Å². The Morgan fingerprint density at radius 1 is 1.08 bits per heavy atom. The standard InChI is InChI=1S/C19H28ClNO4/c1-18(22-3)19(2,23-4)25-17-15(10-20)12-21(13-16(17)24-18)11-14-8-6-5-7-9-14/h5-9,15-17H,10-13H2,1-4H3/t15-,16+,17+,18-,19-/m0/s1. The lowest BCUT2D eigenvalue weighted by atomic mass is 9.90. The Bertz CT molecular complexity index is 574. The van der Waals surface area contributed by atoms with Crippen molar-refractivity contribution in [2.75, 3.05) is 33.2 Å². The largest absolute Gasteiger partial charge is 0.349 e. The molecule has 0 N–H and O–H groups in total. The number of alkyl halides is 1. The van der Waals surface area contributed by atoms with Crippen molar-refractivity contribution in [1.82, 2.24) is 4.90 Å². The highest BCUT2D eigenvalue weighted by Crippen LogP contribution is 2.43. The van der Waals surface area contributed by atoms with Gasteiger partial charge in [-0.05, 0) is 19.4 Å². The molecule has 0 saturated carbocycles. The van der Waals surface area contributed by atoms with Crippen LogP contribution in [-0.4, -0.2) is 61.9 Å². The number of benzene rings is 1. The summed E-state index contributed by atoms with van der Waals surface area (Å²) in [6.07, 6.45) is -0.230. The van der Waals surface area contributed by atoms with Crippen LogP contribution in [0.25, 0.3) is 0 Å². The Morgan fingerprint density at radius 3 is 2.32 bits per heavy atom. The number of halogens is 1. The summed E-state index contributed by atoms with van der Waals surface area (Å²) >= 11 is 6.28. The third kappa shape index (κ3) is 3.59. The zero-order valence-electron chi connectivity index (χ0n) is 15.4. The first kappa shape index (κ1) is 19.1. The number of hydrogen-bond acceptors (Lipinski definition) is 5. The average Bonchev–Trinajstić information content (AvgIpc) is 2.63. The molecule has 0 amide bonds. The summed E-state index contributed by atoms with van der Waals surface area (Å²) in [6, 6.07) is 10.4. The van der Waals surface area contributed by atoms with Crippen molar-refractivity contribution in [3.8, 4) is 0 Å². The van der Waals surface area contributed by atoms with E-state index in [-0.39, 0.29) is 18.1 Å². The monoisotopic (exact) mass is 369 g/mol. The van der Waals surface area contributed by atoms with Gasteiger partial charge in [-0.25, -0.2) is 0 Å². The molecule has 0 aliphatic carbocycles. The van der Waals surface area contributed by atoms with Gasteiger partial charge in [0.2, 0.25) is 11.6 Å². The van der Waals surface area contributed by atoms with Crippen LogP contribution in [0.15, 0.2) is 30.3 Å². The fraction of sp³-hybridized carbons (Fsp3) is 0.684. The van der Waals surface area contributed by atoms with Crippen LogP contribution >= 0.6 is 11.6 Å². The van der Waals surface area contributed by atoms with E-state index in [2.05, 4.69) is 29.2 Å². The third-order valence-corrected chi connectivity index (χ3v) is 5.95. The molecule has 0 aromatic heterocycles. The SMILES string of the molecule is CO[C@@]1(C)O[C@@H]2[C@@H](CCl)CN(Cc3ccccc3)C[C@H]2O[C@]1(C)OC. The molecule has 0 radical (unpaired) electrons. The van der Waals surface area contributed by atoms with E-state index < -0.39 is 11.6 Å². The zero-order valence-corrected chi connectivity index (χ0v) is 16.2. The number of fused-ring (bicyclic) bond motifs is 1. The molecule has 25 heavy (non-hydrogen) atoms. The Labute approximate surface area is 155 Å². The zero-order chi connectivity index (χ0) is 18.1. The summed E-state index contributed by atoms with van der Waals surface area (Å²) in [5.41, 5.74) is 1.28. The molecule has 2 saturated heterocycles. The van der Waals surface area contributed by atoms with Gasteiger partial charge >= 0.3 is 0 Å². The predicted molar refractivity (Wildman–Crippen MR) is 96.5 cm³/mol. The van der Waals surface area contributed by atoms with Crippen molar-refractivity contribution >= 4 is 11.6 Å². The lowest BCUT2D eigenvalue weighted by Gasteiger charge is -2.56. The number of rotatable bonds is 5. The summed E-state index contributed by atoms with van der Waals surface area (Å²) in [5, 5.41) is 0. The van der Waals surface area contributed by atoms with E-state index in [4.69, 9.17) is 30.5 Å². The van der Waals surface area contributed by atoms with Crippen LogP contribution in [0.3, 0.4) is 0 Å². The van der Waals surface area contributed by atoms with Gasteiger partial charge in [0.05, 0.1) is 6.10 Å². The van der Waals surface area contributed by atoms with Crippen LogP contribution in [0.4, 0.5) is 0 Å². The van der Waals surface area contributed by atoms with Crippen molar-refractivity contribution in [3.05, 3.63) is 35.9 Å². The highest BCUT2D eigenvalue weighted by atomic mass is 35.5. The second-order valence-corrected chi connectivity index (χ2v) is 7.44. The lowest BCUT2D eigenvalue weighted by Crippen LogP contribution is -2.70. The molecular formula is C19H28ClNO4. The van der Waals surface area contributed by atoms with E-state index in [1.54, 1.807) is 14.2 Å². The van der Waals surface area contributed by atoms with Gasteiger partial charge in [-0.3, -0.25) is 4.90 Å². The molecule has 0 bridgehead atoms. The van der Waals surface area contributed by atoms with Crippen molar-refractivity contribution in [2.45, 2.75) is 44.2 Å².